The number of hydrogen-bond acceptors (Lipinski definition) is 3. The van der Waals surface area contributed by atoms with Crippen molar-refractivity contribution in [3.8, 4) is 0 Å². The van der Waals surface area contributed by atoms with E-state index in [1.165, 1.54) is 7.11 Å². The number of amides is 1. The van der Waals surface area contributed by atoms with Crippen molar-refractivity contribution in [2.45, 2.75) is 25.1 Å². The Morgan fingerprint density at radius 1 is 1.33 bits per heavy atom. The summed E-state index contributed by atoms with van der Waals surface area (Å²) in [5.74, 6) is -0.418. The van der Waals surface area contributed by atoms with Gasteiger partial charge in [0.15, 0.2) is 6.04 Å². The number of carbonyl (C=O) groups excluding carboxylic acids is 1. The molecule has 0 saturated heterocycles. The van der Waals surface area contributed by atoms with Gasteiger partial charge in [0.05, 0.1) is 7.11 Å². The van der Waals surface area contributed by atoms with Crippen LogP contribution < -0.4 is 0 Å². The number of carbonyl (C=O) groups is 1. The molecule has 0 radical (unpaired) electrons. The van der Waals surface area contributed by atoms with Gasteiger partial charge in [0.25, 0.3) is 11.9 Å². The SMILES string of the molecule is COC1=NC(C(F)(F)F)CCCN1C(=O)c1ccccc1. The predicted octanol–water partition coefficient (Wildman–Crippen LogP) is 2.86. The van der Waals surface area contributed by atoms with E-state index in [0.29, 0.717) is 5.56 Å². The summed E-state index contributed by atoms with van der Waals surface area (Å²) >= 11 is 0. The van der Waals surface area contributed by atoms with Crippen molar-refractivity contribution < 1.29 is 22.7 Å². The van der Waals surface area contributed by atoms with Gasteiger partial charge in [-0.05, 0) is 25.0 Å². The highest BCUT2D eigenvalue weighted by molar-refractivity contribution is 6.04. The molecule has 1 heterocycles. The van der Waals surface area contributed by atoms with Crippen molar-refractivity contribution in [3.05, 3.63) is 35.9 Å². The van der Waals surface area contributed by atoms with E-state index < -0.39 is 18.1 Å². The van der Waals surface area contributed by atoms with Crippen LogP contribution in [0.25, 0.3) is 0 Å². The van der Waals surface area contributed by atoms with Crippen LogP contribution in [0.5, 0.6) is 0 Å². The first-order valence-electron chi connectivity index (χ1n) is 6.49. The first-order chi connectivity index (χ1) is 9.93. The number of hydrogen-bond donors (Lipinski definition) is 0. The van der Waals surface area contributed by atoms with E-state index in [2.05, 4.69) is 4.99 Å². The van der Waals surface area contributed by atoms with Crippen LogP contribution in [0.15, 0.2) is 35.3 Å². The number of aliphatic imine (C=N–C) groups is 1. The topological polar surface area (TPSA) is 41.9 Å². The third kappa shape index (κ3) is 3.53. The number of methoxy groups -OCH3 is 1. The van der Waals surface area contributed by atoms with Gasteiger partial charge in [-0.3, -0.25) is 9.69 Å². The van der Waals surface area contributed by atoms with Crippen molar-refractivity contribution in [1.82, 2.24) is 4.90 Å². The average Bonchev–Trinajstić information content (AvgIpc) is 2.69. The minimum absolute atomic E-state index is 0.146. The number of halogens is 3. The van der Waals surface area contributed by atoms with E-state index in [9.17, 15) is 18.0 Å². The standard InChI is InChI=1S/C14H15F3N2O2/c1-21-13-18-11(14(15,16)17)8-5-9-19(13)12(20)10-6-3-2-4-7-10/h2-4,6-7,11H,5,8-9H2,1H3. The van der Waals surface area contributed by atoms with E-state index in [-0.39, 0.29) is 25.4 Å². The van der Waals surface area contributed by atoms with E-state index in [1.54, 1.807) is 30.3 Å². The van der Waals surface area contributed by atoms with E-state index in [4.69, 9.17) is 4.74 Å². The maximum absolute atomic E-state index is 12.8. The number of ether oxygens (including phenoxy) is 1. The molecule has 0 N–H and O–H groups in total. The van der Waals surface area contributed by atoms with Crippen LogP contribution in [0.3, 0.4) is 0 Å². The predicted molar refractivity (Wildman–Crippen MR) is 71.0 cm³/mol. The third-order valence-electron chi connectivity index (χ3n) is 3.18. The van der Waals surface area contributed by atoms with Crippen molar-refractivity contribution in [3.63, 3.8) is 0 Å². The molecule has 2 rings (SSSR count). The summed E-state index contributed by atoms with van der Waals surface area (Å²) in [4.78, 5) is 17.1. The molecule has 1 atom stereocenters. The molecule has 7 heteroatoms. The lowest BCUT2D eigenvalue weighted by Gasteiger charge is -2.21. The fourth-order valence-electron chi connectivity index (χ4n) is 2.13. The minimum atomic E-state index is -4.43. The van der Waals surface area contributed by atoms with Gasteiger partial charge in [0, 0.05) is 12.1 Å². The summed E-state index contributed by atoms with van der Waals surface area (Å²) in [6.45, 7) is 0.146. The third-order valence-corrected chi connectivity index (χ3v) is 3.18. The largest absolute Gasteiger partial charge is 0.468 e. The van der Waals surface area contributed by atoms with Gasteiger partial charge >= 0.3 is 6.18 Å². The maximum Gasteiger partial charge on any atom is 0.410 e. The van der Waals surface area contributed by atoms with Crippen molar-refractivity contribution in [2.24, 2.45) is 4.99 Å². The Kier molecular flexibility index (Phi) is 4.50. The molecular formula is C14H15F3N2O2. The molecule has 0 aromatic heterocycles. The van der Waals surface area contributed by atoms with Crippen LogP contribution in [0.1, 0.15) is 23.2 Å². The van der Waals surface area contributed by atoms with Gasteiger partial charge in [0.2, 0.25) is 0 Å². The van der Waals surface area contributed by atoms with Crippen molar-refractivity contribution >= 4 is 11.9 Å². The fraction of sp³-hybridized carbons (Fsp3) is 0.429. The Labute approximate surface area is 120 Å². The molecule has 0 bridgehead atoms. The summed E-state index contributed by atoms with van der Waals surface area (Å²) in [6.07, 6.45) is -4.39. The van der Waals surface area contributed by atoms with Crippen LogP contribution >= 0.6 is 0 Å². The zero-order valence-corrected chi connectivity index (χ0v) is 11.4. The molecule has 1 aliphatic heterocycles. The van der Waals surface area contributed by atoms with Gasteiger partial charge in [-0.1, -0.05) is 18.2 Å². The van der Waals surface area contributed by atoms with Crippen LogP contribution in [-0.2, 0) is 4.74 Å². The highest BCUT2D eigenvalue weighted by Crippen LogP contribution is 2.28. The molecule has 0 saturated carbocycles. The van der Waals surface area contributed by atoms with Crippen molar-refractivity contribution in [1.29, 1.82) is 0 Å². The van der Waals surface area contributed by atoms with Crippen LogP contribution in [0, 0.1) is 0 Å². The molecule has 114 valence electrons. The second kappa shape index (κ2) is 6.15. The van der Waals surface area contributed by atoms with Gasteiger partial charge in [-0.25, -0.2) is 4.99 Å². The smallest absolute Gasteiger partial charge is 0.410 e. The summed E-state index contributed by atoms with van der Waals surface area (Å²) in [5.41, 5.74) is 0.382. The number of amidine groups is 1. The summed E-state index contributed by atoms with van der Waals surface area (Å²) < 4.78 is 43.4. The molecule has 21 heavy (non-hydrogen) atoms. The summed E-state index contributed by atoms with van der Waals surface area (Å²) in [7, 11) is 1.21. The Balaban J connectivity index is 2.29. The Bertz CT molecular complexity index is 529. The molecule has 1 aromatic rings. The lowest BCUT2D eigenvalue weighted by molar-refractivity contribution is -0.148. The molecule has 1 aliphatic rings. The Morgan fingerprint density at radius 2 is 2.00 bits per heavy atom. The highest BCUT2D eigenvalue weighted by atomic mass is 19.4. The van der Waals surface area contributed by atoms with Crippen molar-refractivity contribution in [2.75, 3.05) is 13.7 Å². The lowest BCUT2D eigenvalue weighted by atomic mass is 10.1. The van der Waals surface area contributed by atoms with Gasteiger partial charge in [0.1, 0.15) is 0 Å². The summed E-state index contributed by atoms with van der Waals surface area (Å²) in [6, 6.07) is 6.21. The second-order valence-electron chi connectivity index (χ2n) is 4.64. The monoisotopic (exact) mass is 300 g/mol. The molecule has 1 unspecified atom stereocenters. The molecule has 4 nitrogen and oxygen atoms in total. The fourth-order valence-corrected chi connectivity index (χ4v) is 2.13. The number of benzene rings is 1. The van der Waals surface area contributed by atoms with Gasteiger partial charge in [-0.2, -0.15) is 13.2 Å². The van der Waals surface area contributed by atoms with Crippen LogP contribution in [0.4, 0.5) is 13.2 Å². The maximum atomic E-state index is 12.8. The Hall–Kier alpha value is -2.05. The average molecular weight is 300 g/mol. The lowest BCUT2D eigenvalue weighted by Crippen LogP contribution is -2.38. The minimum Gasteiger partial charge on any atom is -0.468 e. The first kappa shape index (κ1) is 15.3. The highest BCUT2D eigenvalue weighted by Gasteiger charge is 2.42. The second-order valence-corrected chi connectivity index (χ2v) is 4.64. The first-order valence-corrected chi connectivity index (χ1v) is 6.49. The van der Waals surface area contributed by atoms with Crippen LogP contribution in [0.2, 0.25) is 0 Å². The number of alkyl halides is 3. The van der Waals surface area contributed by atoms with Crippen LogP contribution in [-0.4, -0.2) is 42.7 Å². The normalized spacial score (nSPS) is 19.7. The quantitative estimate of drug-likeness (QED) is 0.800. The molecule has 0 aliphatic carbocycles. The van der Waals surface area contributed by atoms with Gasteiger partial charge in [-0.15, -0.1) is 0 Å². The van der Waals surface area contributed by atoms with E-state index in [0.717, 1.165) is 4.90 Å². The zero-order valence-electron chi connectivity index (χ0n) is 11.4. The molecule has 0 fully saturated rings. The van der Waals surface area contributed by atoms with E-state index in [1.807, 2.05) is 0 Å². The number of nitrogens with zero attached hydrogens (tertiary/aromatic N) is 2. The van der Waals surface area contributed by atoms with Gasteiger partial charge < -0.3 is 4.74 Å². The molecular weight excluding hydrogens is 285 g/mol. The Morgan fingerprint density at radius 3 is 2.57 bits per heavy atom. The zero-order chi connectivity index (χ0) is 15.5. The molecule has 0 spiro atoms. The van der Waals surface area contributed by atoms with E-state index >= 15 is 0 Å². The summed E-state index contributed by atoms with van der Waals surface area (Å²) in [5, 5.41) is 0. The molecule has 1 amide bonds. The molecule has 1 aromatic carbocycles. The number of rotatable bonds is 1.